The summed E-state index contributed by atoms with van der Waals surface area (Å²) in [5.74, 6) is -0.525. The molecule has 102 valence electrons. The lowest BCUT2D eigenvalue weighted by Crippen LogP contribution is -2.42. The van der Waals surface area contributed by atoms with Gasteiger partial charge >= 0.3 is 12.0 Å². The Morgan fingerprint density at radius 2 is 2.32 bits per heavy atom. The molecule has 2 amide bonds. The number of aromatic nitrogens is 1. The van der Waals surface area contributed by atoms with Crippen LogP contribution in [-0.2, 0) is 4.79 Å². The Bertz CT molecular complexity index is 474. The number of aliphatic carboxylic acids is 1. The number of anilines is 1. The number of carbonyl (C=O) groups excluding carboxylic acids is 1. The Kier molecular flexibility index (Phi) is 3.84. The highest BCUT2D eigenvalue weighted by Gasteiger charge is 2.33. The maximum absolute atomic E-state index is 12.0. The summed E-state index contributed by atoms with van der Waals surface area (Å²) in [5.41, 5.74) is 0.502. The van der Waals surface area contributed by atoms with Crippen LogP contribution in [0.3, 0.4) is 0 Å². The summed E-state index contributed by atoms with van der Waals surface area (Å²) in [6, 6.07) is 2.10. The molecule has 1 aliphatic heterocycles. The lowest BCUT2D eigenvalue weighted by Gasteiger charge is -2.21. The first-order valence-corrected chi connectivity index (χ1v) is 5.92. The highest BCUT2D eigenvalue weighted by Crippen LogP contribution is 2.19. The average molecular weight is 265 g/mol. The largest absolute Gasteiger partial charge is 0.481 e. The number of likely N-dealkylation sites (tertiary alicyclic amines) is 1. The van der Waals surface area contributed by atoms with Gasteiger partial charge in [-0.15, -0.1) is 0 Å². The Labute approximate surface area is 110 Å². The third kappa shape index (κ3) is 2.93. The van der Waals surface area contributed by atoms with E-state index in [0.717, 1.165) is 0 Å². The molecule has 1 unspecified atom stereocenters. The summed E-state index contributed by atoms with van der Waals surface area (Å²) in [6.45, 7) is 0.451. The van der Waals surface area contributed by atoms with Gasteiger partial charge in [0.2, 0.25) is 5.88 Å². The number of carboxylic acid groups (broad SMARTS) is 1. The van der Waals surface area contributed by atoms with Crippen LogP contribution in [-0.4, -0.2) is 46.7 Å². The zero-order chi connectivity index (χ0) is 13.8. The van der Waals surface area contributed by atoms with E-state index in [1.165, 1.54) is 18.2 Å². The summed E-state index contributed by atoms with van der Waals surface area (Å²) in [5, 5.41) is 11.6. The van der Waals surface area contributed by atoms with Crippen LogP contribution in [0.5, 0.6) is 5.88 Å². The second-order valence-electron chi connectivity index (χ2n) is 4.21. The van der Waals surface area contributed by atoms with Gasteiger partial charge in [0.1, 0.15) is 6.04 Å². The molecular formula is C12H15N3O4. The number of carboxylic acids is 1. The van der Waals surface area contributed by atoms with E-state index >= 15 is 0 Å². The molecule has 1 saturated heterocycles. The SMILES string of the molecule is COc1ccc(NC(=O)N2CCCC2C(=O)O)cn1. The Hall–Kier alpha value is -2.31. The molecule has 1 fully saturated rings. The van der Waals surface area contributed by atoms with E-state index < -0.39 is 18.0 Å². The minimum atomic E-state index is -0.972. The predicted molar refractivity (Wildman–Crippen MR) is 67.2 cm³/mol. The molecule has 1 atom stereocenters. The first-order chi connectivity index (χ1) is 9.11. The maximum Gasteiger partial charge on any atom is 0.326 e. The number of nitrogens with zero attached hydrogens (tertiary/aromatic N) is 2. The number of carbonyl (C=O) groups is 2. The van der Waals surface area contributed by atoms with Crippen molar-refractivity contribution in [3.63, 3.8) is 0 Å². The number of hydrogen-bond donors (Lipinski definition) is 2. The third-order valence-electron chi connectivity index (χ3n) is 3.00. The van der Waals surface area contributed by atoms with Gasteiger partial charge in [-0.1, -0.05) is 0 Å². The summed E-state index contributed by atoms with van der Waals surface area (Å²) < 4.78 is 4.91. The highest BCUT2D eigenvalue weighted by molar-refractivity contribution is 5.92. The fourth-order valence-corrected chi connectivity index (χ4v) is 2.04. The molecule has 1 aliphatic rings. The van der Waals surface area contributed by atoms with Crippen LogP contribution in [0.4, 0.5) is 10.5 Å². The number of rotatable bonds is 3. The fourth-order valence-electron chi connectivity index (χ4n) is 2.04. The minimum absolute atomic E-state index is 0.420. The molecule has 2 rings (SSSR count). The van der Waals surface area contributed by atoms with E-state index in [0.29, 0.717) is 31.0 Å². The van der Waals surface area contributed by atoms with E-state index in [1.807, 2.05) is 0 Å². The first kappa shape index (κ1) is 13.1. The molecule has 7 nitrogen and oxygen atoms in total. The Balaban J connectivity index is 2.01. The van der Waals surface area contributed by atoms with Crippen molar-refractivity contribution < 1.29 is 19.4 Å². The van der Waals surface area contributed by atoms with Gasteiger partial charge in [-0.2, -0.15) is 0 Å². The number of ether oxygens (including phenoxy) is 1. The molecular weight excluding hydrogens is 250 g/mol. The van der Waals surface area contributed by atoms with Gasteiger partial charge in [-0.25, -0.2) is 14.6 Å². The second kappa shape index (κ2) is 5.55. The van der Waals surface area contributed by atoms with Crippen molar-refractivity contribution in [3.05, 3.63) is 18.3 Å². The van der Waals surface area contributed by atoms with Gasteiger partial charge in [0.05, 0.1) is 19.0 Å². The molecule has 7 heteroatoms. The normalized spacial score (nSPS) is 18.2. The van der Waals surface area contributed by atoms with Crippen molar-refractivity contribution in [2.75, 3.05) is 19.0 Å². The van der Waals surface area contributed by atoms with Crippen LogP contribution in [0, 0.1) is 0 Å². The molecule has 2 N–H and O–H groups in total. The summed E-state index contributed by atoms with van der Waals surface area (Å²) in [4.78, 5) is 28.3. The van der Waals surface area contributed by atoms with Crippen molar-refractivity contribution in [1.29, 1.82) is 0 Å². The Morgan fingerprint density at radius 1 is 1.53 bits per heavy atom. The first-order valence-electron chi connectivity index (χ1n) is 5.92. The number of amides is 2. The fraction of sp³-hybridized carbons (Fsp3) is 0.417. The van der Waals surface area contributed by atoms with E-state index in [9.17, 15) is 9.59 Å². The number of hydrogen-bond acceptors (Lipinski definition) is 4. The van der Waals surface area contributed by atoms with Crippen molar-refractivity contribution in [2.24, 2.45) is 0 Å². The molecule has 19 heavy (non-hydrogen) atoms. The lowest BCUT2D eigenvalue weighted by molar-refractivity contribution is -0.141. The van der Waals surface area contributed by atoms with Crippen LogP contribution < -0.4 is 10.1 Å². The minimum Gasteiger partial charge on any atom is -0.481 e. The van der Waals surface area contributed by atoms with Crippen LogP contribution in [0.15, 0.2) is 18.3 Å². The smallest absolute Gasteiger partial charge is 0.326 e. The Morgan fingerprint density at radius 3 is 2.89 bits per heavy atom. The average Bonchev–Trinajstić information content (AvgIpc) is 2.89. The van der Waals surface area contributed by atoms with Crippen molar-refractivity contribution in [1.82, 2.24) is 9.88 Å². The van der Waals surface area contributed by atoms with E-state index in [1.54, 1.807) is 12.1 Å². The van der Waals surface area contributed by atoms with E-state index in [-0.39, 0.29) is 0 Å². The molecule has 0 bridgehead atoms. The molecule has 0 spiro atoms. The van der Waals surface area contributed by atoms with Crippen LogP contribution in [0.1, 0.15) is 12.8 Å². The zero-order valence-corrected chi connectivity index (χ0v) is 10.5. The number of urea groups is 1. The highest BCUT2D eigenvalue weighted by atomic mass is 16.5. The van der Waals surface area contributed by atoms with Crippen LogP contribution >= 0.6 is 0 Å². The van der Waals surface area contributed by atoms with Crippen LogP contribution in [0.2, 0.25) is 0 Å². The summed E-state index contributed by atoms with van der Waals surface area (Å²) >= 11 is 0. The van der Waals surface area contributed by atoms with Gasteiger partial charge in [0.15, 0.2) is 0 Å². The monoisotopic (exact) mass is 265 g/mol. The standard InChI is InChI=1S/C12H15N3O4/c1-19-10-5-4-8(7-13-10)14-12(18)15-6-2-3-9(15)11(16)17/h4-5,7,9H,2-3,6H2,1H3,(H,14,18)(H,16,17). The molecule has 1 aromatic heterocycles. The molecule has 0 aliphatic carbocycles. The summed E-state index contributed by atoms with van der Waals surface area (Å²) in [6.07, 6.45) is 2.65. The second-order valence-corrected chi connectivity index (χ2v) is 4.21. The molecule has 2 heterocycles. The van der Waals surface area contributed by atoms with E-state index in [4.69, 9.17) is 9.84 Å². The van der Waals surface area contributed by atoms with Gasteiger partial charge in [0.25, 0.3) is 0 Å². The lowest BCUT2D eigenvalue weighted by atomic mass is 10.2. The molecule has 1 aromatic rings. The van der Waals surface area contributed by atoms with E-state index in [2.05, 4.69) is 10.3 Å². The maximum atomic E-state index is 12.0. The molecule has 0 radical (unpaired) electrons. The van der Waals surface area contributed by atoms with Gasteiger partial charge in [-0.3, -0.25) is 0 Å². The summed E-state index contributed by atoms with van der Waals surface area (Å²) in [7, 11) is 1.50. The predicted octanol–water partition coefficient (Wildman–Crippen LogP) is 1.17. The number of methoxy groups -OCH3 is 1. The van der Waals surface area contributed by atoms with Crippen molar-refractivity contribution in [3.8, 4) is 5.88 Å². The zero-order valence-electron chi connectivity index (χ0n) is 10.5. The quantitative estimate of drug-likeness (QED) is 0.856. The van der Waals surface area contributed by atoms with Gasteiger partial charge in [0, 0.05) is 12.6 Å². The topological polar surface area (TPSA) is 91.8 Å². The van der Waals surface area contributed by atoms with Gasteiger partial charge in [-0.05, 0) is 18.9 Å². The van der Waals surface area contributed by atoms with Crippen molar-refractivity contribution >= 4 is 17.7 Å². The van der Waals surface area contributed by atoms with Gasteiger partial charge < -0.3 is 20.1 Å². The number of nitrogens with one attached hydrogen (secondary N) is 1. The van der Waals surface area contributed by atoms with Crippen LogP contribution in [0.25, 0.3) is 0 Å². The number of pyridine rings is 1. The molecule has 0 aromatic carbocycles. The molecule has 0 saturated carbocycles. The third-order valence-corrected chi connectivity index (χ3v) is 3.00. The van der Waals surface area contributed by atoms with Crippen molar-refractivity contribution in [2.45, 2.75) is 18.9 Å².